The fraction of sp³-hybridized carbons (Fsp3) is 0.522. The van der Waals surface area contributed by atoms with Gasteiger partial charge < -0.3 is 21.1 Å². The molecule has 4 N–H and O–H groups in total. The first-order valence-electron chi connectivity index (χ1n) is 11.4. The molecule has 0 saturated carbocycles. The third-order valence-electron chi connectivity index (χ3n) is 5.56. The molecule has 1 aliphatic rings. The van der Waals surface area contributed by atoms with Crippen LogP contribution in [0.15, 0.2) is 24.3 Å². The molecule has 3 rings (SSSR count). The molecule has 1 aromatic carbocycles. The number of ketones is 1. The Morgan fingerprint density at radius 3 is 2.50 bits per heavy atom. The van der Waals surface area contributed by atoms with E-state index in [9.17, 15) is 27.6 Å². The molecule has 0 unspecified atom stereocenters. The number of Topliss-reactive ketones (excluding diaryl/α,β-unsaturated/α-hetero) is 1. The summed E-state index contributed by atoms with van der Waals surface area (Å²) in [6, 6.07) is 7.00. The second kappa shape index (κ2) is 13.3. The first-order chi connectivity index (χ1) is 16.9. The molecule has 2 aromatic rings. The average molecular weight is 531 g/mol. The van der Waals surface area contributed by atoms with Crippen molar-refractivity contribution in [3.63, 3.8) is 0 Å². The van der Waals surface area contributed by atoms with E-state index in [1.54, 1.807) is 4.90 Å². The van der Waals surface area contributed by atoms with E-state index in [-0.39, 0.29) is 23.5 Å². The van der Waals surface area contributed by atoms with Crippen molar-refractivity contribution >= 4 is 45.1 Å². The van der Waals surface area contributed by atoms with Gasteiger partial charge in [-0.2, -0.15) is 13.2 Å². The first kappa shape index (κ1) is 29.2. The van der Waals surface area contributed by atoms with E-state index in [2.05, 4.69) is 10.3 Å². The largest absolute Gasteiger partial charge is 0.490 e. The van der Waals surface area contributed by atoms with Crippen molar-refractivity contribution in [2.75, 3.05) is 19.6 Å². The Hall–Kier alpha value is -3.06. The standard InChI is InChI=1S/C21H28N4O3S.C2HF3O2/c1-14(26)25-12-6-7-15(13-25)20(28)23-17(9-4-5-11-22)19(27)21-24-16-8-2-3-10-18(16)29-21;3-2(4,5)1(6)7/h2-3,8,10,15,17H,4-7,9,11-13,22H2,1H3,(H,23,28);(H,6,7)/t15-,17-;/m0./s1. The Labute approximate surface area is 209 Å². The van der Waals surface area contributed by atoms with Crippen LogP contribution >= 0.6 is 11.3 Å². The summed E-state index contributed by atoms with van der Waals surface area (Å²) in [5.74, 6) is -3.38. The molecule has 36 heavy (non-hydrogen) atoms. The number of carbonyl (C=O) groups excluding carboxylic acids is 3. The van der Waals surface area contributed by atoms with Crippen molar-refractivity contribution in [3.8, 4) is 0 Å². The van der Waals surface area contributed by atoms with E-state index >= 15 is 0 Å². The molecule has 1 saturated heterocycles. The number of carboxylic acids is 1. The number of fused-ring (bicyclic) bond motifs is 1. The van der Waals surface area contributed by atoms with Crippen molar-refractivity contribution in [1.82, 2.24) is 15.2 Å². The zero-order valence-electron chi connectivity index (χ0n) is 19.7. The van der Waals surface area contributed by atoms with E-state index in [1.807, 2.05) is 24.3 Å². The highest BCUT2D eigenvalue weighted by Gasteiger charge is 2.38. The van der Waals surface area contributed by atoms with Crippen LogP contribution < -0.4 is 11.1 Å². The van der Waals surface area contributed by atoms with Gasteiger partial charge in [0.05, 0.1) is 22.2 Å². The zero-order valence-corrected chi connectivity index (χ0v) is 20.5. The van der Waals surface area contributed by atoms with Crippen molar-refractivity contribution < 1.29 is 37.5 Å². The lowest BCUT2D eigenvalue weighted by Gasteiger charge is -2.32. The zero-order chi connectivity index (χ0) is 26.9. The molecule has 0 radical (unpaired) electrons. The van der Waals surface area contributed by atoms with Gasteiger partial charge in [-0.1, -0.05) is 12.1 Å². The predicted octanol–water partition coefficient (Wildman–Crippen LogP) is 2.98. The molecular weight excluding hydrogens is 501 g/mol. The van der Waals surface area contributed by atoms with Gasteiger partial charge in [-0.05, 0) is 50.8 Å². The maximum absolute atomic E-state index is 13.1. The van der Waals surface area contributed by atoms with Crippen molar-refractivity contribution in [3.05, 3.63) is 29.3 Å². The second-order valence-corrected chi connectivity index (χ2v) is 9.33. The van der Waals surface area contributed by atoms with Gasteiger partial charge in [0.1, 0.15) is 0 Å². The smallest absolute Gasteiger partial charge is 0.475 e. The van der Waals surface area contributed by atoms with E-state index in [0.29, 0.717) is 31.1 Å². The number of nitrogens with zero attached hydrogens (tertiary/aromatic N) is 2. The molecule has 0 bridgehead atoms. The molecule has 0 spiro atoms. The molecule has 1 aliphatic heterocycles. The van der Waals surface area contributed by atoms with Crippen LogP contribution in [0.5, 0.6) is 0 Å². The summed E-state index contributed by atoms with van der Waals surface area (Å²) in [4.78, 5) is 52.7. The number of para-hydroxylation sites is 1. The lowest BCUT2D eigenvalue weighted by molar-refractivity contribution is -0.192. The number of carboxylic acid groups (broad SMARTS) is 1. The molecule has 2 amide bonds. The average Bonchev–Trinajstić information content (AvgIpc) is 3.27. The van der Waals surface area contributed by atoms with Gasteiger partial charge in [0.25, 0.3) is 0 Å². The van der Waals surface area contributed by atoms with Crippen LogP contribution in [-0.2, 0) is 14.4 Å². The van der Waals surface area contributed by atoms with Gasteiger partial charge in [0, 0.05) is 20.0 Å². The number of amides is 2. The maximum Gasteiger partial charge on any atom is 0.490 e. The summed E-state index contributed by atoms with van der Waals surface area (Å²) < 4.78 is 32.7. The minimum Gasteiger partial charge on any atom is -0.475 e. The van der Waals surface area contributed by atoms with E-state index < -0.39 is 18.2 Å². The lowest BCUT2D eigenvalue weighted by Crippen LogP contribution is -2.49. The van der Waals surface area contributed by atoms with Crippen LogP contribution in [0, 0.1) is 5.92 Å². The molecule has 1 fully saturated rings. The van der Waals surface area contributed by atoms with Gasteiger partial charge in [-0.3, -0.25) is 14.4 Å². The van der Waals surface area contributed by atoms with E-state index in [1.165, 1.54) is 18.3 Å². The molecule has 2 atom stereocenters. The number of nitrogens with two attached hydrogens (primary N) is 1. The number of rotatable bonds is 8. The number of likely N-dealkylation sites (tertiary alicyclic amines) is 1. The minimum atomic E-state index is -5.08. The minimum absolute atomic E-state index is 0.0208. The highest BCUT2D eigenvalue weighted by atomic mass is 32.1. The molecule has 1 aromatic heterocycles. The molecular formula is C23H29F3N4O5S. The number of unbranched alkanes of at least 4 members (excludes halogenated alkanes) is 1. The number of alkyl halides is 3. The summed E-state index contributed by atoms with van der Waals surface area (Å²) in [6.07, 6.45) is -1.49. The fourth-order valence-corrected chi connectivity index (χ4v) is 4.62. The Kier molecular flexibility index (Phi) is 10.8. The quantitative estimate of drug-likeness (QED) is 0.352. The van der Waals surface area contributed by atoms with Crippen molar-refractivity contribution in [2.45, 2.75) is 51.2 Å². The van der Waals surface area contributed by atoms with E-state index in [0.717, 1.165) is 35.9 Å². The van der Waals surface area contributed by atoms with Gasteiger partial charge in [0.15, 0.2) is 5.01 Å². The molecule has 2 heterocycles. The highest BCUT2D eigenvalue weighted by molar-refractivity contribution is 7.20. The van der Waals surface area contributed by atoms with Crippen molar-refractivity contribution in [1.29, 1.82) is 0 Å². The molecule has 198 valence electrons. The number of carbonyl (C=O) groups is 4. The van der Waals surface area contributed by atoms with Crippen LogP contribution in [0.4, 0.5) is 13.2 Å². The number of aliphatic carboxylic acids is 1. The van der Waals surface area contributed by atoms with E-state index in [4.69, 9.17) is 15.6 Å². The van der Waals surface area contributed by atoms with Gasteiger partial charge >= 0.3 is 12.1 Å². The Morgan fingerprint density at radius 2 is 1.92 bits per heavy atom. The molecule has 9 nitrogen and oxygen atoms in total. The highest BCUT2D eigenvalue weighted by Crippen LogP contribution is 2.24. The number of benzene rings is 1. The predicted molar refractivity (Wildman–Crippen MR) is 127 cm³/mol. The second-order valence-electron chi connectivity index (χ2n) is 8.30. The summed E-state index contributed by atoms with van der Waals surface area (Å²) in [6.45, 7) is 3.16. The summed E-state index contributed by atoms with van der Waals surface area (Å²) >= 11 is 1.35. The lowest BCUT2D eigenvalue weighted by atomic mass is 9.96. The topological polar surface area (TPSA) is 143 Å². The number of hydrogen-bond donors (Lipinski definition) is 3. The van der Waals surface area contributed by atoms with Crippen LogP contribution in [-0.4, -0.2) is 70.4 Å². The molecule has 13 heteroatoms. The van der Waals surface area contributed by atoms with Crippen LogP contribution in [0.25, 0.3) is 10.2 Å². The van der Waals surface area contributed by atoms with Crippen LogP contribution in [0.1, 0.15) is 48.8 Å². The van der Waals surface area contributed by atoms with Crippen LogP contribution in [0.2, 0.25) is 0 Å². The number of hydrogen-bond acceptors (Lipinski definition) is 7. The first-order valence-corrected chi connectivity index (χ1v) is 12.2. The Balaban J connectivity index is 0.000000572. The van der Waals surface area contributed by atoms with Gasteiger partial charge in [0.2, 0.25) is 17.6 Å². The monoisotopic (exact) mass is 530 g/mol. The number of halogens is 3. The number of piperidine rings is 1. The summed E-state index contributed by atoms with van der Waals surface area (Å²) in [5, 5.41) is 10.5. The normalized spacial score (nSPS) is 16.6. The van der Waals surface area contributed by atoms with Gasteiger partial charge in [-0.15, -0.1) is 11.3 Å². The van der Waals surface area contributed by atoms with Crippen LogP contribution in [0.3, 0.4) is 0 Å². The Bertz CT molecular complexity index is 1040. The van der Waals surface area contributed by atoms with Crippen molar-refractivity contribution in [2.24, 2.45) is 11.7 Å². The summed E-state index contributed by atoms with van der Waals surface area (Å²) in [5.41, 5.74) is 6.38. The Morgan fingerprint density at radius 1 is 1.25 bits per heavy atom. The maximum atomic E-state index is 13.1. The number of thiazole rings is 1. The number of nitrogens with one attached hydrogen (secondary N) is 1. The van der Waals surface area contributed by atoms with Gasteiger partial charge in [-0.25, -0.2) is 9.78 Å². The molecule has 0 aliphatic carbocycles. The number of aromatic nitrogens is 1. The summed E-state index contributed by atoms with van der Waals surface area (Å²) in [7, 11) is 0. The fourth-order valence-electron chi connectivity index (χ4n) is 3.65. The third kappa shape index (κ3) is 8.55. The third-order valence-corrected chi connectivity index (χ3v) is 6.62. The SMILES string of the molecule is CC(=O)N1CCC[C@H](C(=O)N[C@@H](CCCCN)C(=O)c2nc3ccccc3s2)C1.O=C(O)C(F)(F)F.